The van der Waals surface area contributed by atoms with Gasteiger partial charge in [-0.1, -0.05) is 26.0 Å². The minimum absolute atomic E-state index is 0.439. The molecule has 130 valence electrons. The summed E-state index contributed by atoms with van der Waals surface area (Å²) in [4.78, 5) is 12.2. The zero-order chi connectivity index (χ0) is 17.8. The Morgan fingerprint density at radius 2 is 1.78 bits per heavy atom. The van der Waals surface area contributed by atoms with Crippen LogP contribution >= 0.6 is 0 Å². The minimum atomic E-state index is -4.76. The molecule has 4 nitrogen and oxygen atoms in total. The number of hydrogen-bond donors (Lipinski definition) is 2. The standard InChI is InChI=1S/C16H22F3NO3/c1-9(2)12(15(22)16(17,18)19)8-13(21)14(20)10-4-6-11(23-3)7-5-10/h4-7,9,12,14-15,22H,8,20H2,1-3H3/t12-,14-,15-/m0/s1. The van der Waals surface area contributed by atoms with Gasteiger partial charge in [-0.2, -0.15) is 13.2 Å². The largest absolute Gasteiger partial charge is 0.497 e. The smallest absolute Gasteiger partial charge is 0.414 e. The molecule has 0 fully saturated rings. The highest BCUT2D eigenvalue weighted by Crippen LogP contribution is 2.33. The van der Waals surface area contributed by atoms with Crippen molar-refractivity contribution in [3.8, 4) is 5.75 Å². The number of aliphatic hydroxyl groups is 1. The van der Waals surface area contributed by atoms with Crippen LogP contribution in [0.3, 0.4) is 0 Å². The van der Waals surface area contributed by atoms with Gasteiger partial charge in [0.1, 0.15) is 5.75 Å². The van der Waals surface area contributed by atoms with Crippen molar-refractivity contribution in [3.05, 3.63) is 29.8 Å². The van der Waals surface area contributed by atoms with Crippen molar-refractivity contribution in [2.45, 2.75) is 38.6 Å². The highest BCUT2D eigenvalue weighted by atomic mass is 19.4. The van der Waals surface area contributed by atoms with Crippen LogP contribution in [0.4, 0.5) is 13.2 Å². The van der Waals surface area contributed by atoms with E-state index in [1.165, 1.54) is 21.0 Å². The lowest BCUT2D eigenvalue weighted by molar-refractivity contribution is -0.224. The van der Waals surface area contributed by atoms with Gasteiger partial charge in [0.25, 0.3) is 0 Å². The molecule has 0 radical (unpaired) electrons. The lowest BCUT2D eigenvalue weighted by Gasteiger charge is -2.28. The lowest BCUT2D eigenvalue weighted by atomic mass is 9.83. The number of methoxy groups -OCH3 is 1. The van der Waals surface area contributed by atoms with Gasteiger partial charge < -0.3 is 15.6 Å². The summed E-state index contributed by atoms with van der Waals surface area (Å²) in [6.07, 6.45) is -7.75. The molecule has 0 aromatic heterocycles. The van der Waals surface area contributed by atoms with E-state index < -0.39 is 42.4 Å². The van der Waals surface area contributed by atoms with Gasteiger partial charge in [0.2, 0.25) is 0 Å². The second-order valence-electron chi connectivity index (χ2n) is 5.82. The Labute approximate surface area is 133 Å². The van der Waals surface area contributed by atoms with Crippen molar-refractivity contribution in [2.75, 3.05) is 7.11 Å². The predicted molar refractivity (Wildman–Crippen MR) is 79.9 cm³/mol. The summed E-state index contributed by atoms with van der Waals surface area (Å²) in [6.45, 7) is 3.07. The van der Waals surface area contributed by atoms with Crippen molar-refractivity contribution in [1.29, 1.82) is 0 Å². The van der Waals surface area contributed by atoms with E-state index in [0.717, 1.165) is 0 Å². The van der Waals surface area contributed by atoms with E-state index in [0.29, 0.717) is 11.3 Å². The van der Waals surface area contributed by atoms with Crippen molar-refractivity contribution >= 4 is 5.78 Å². The summed E-state index contributed by atoms with van der Waals surface area (Å²) < 4.78 is 43.1. The van der Waals surface area contributed by atoms with Gasteiger partial charge in [-0.05, 0) is 23.6 Å². The van der Waals surface area contributed by atoms with E-state index in [1.54, 1.807) is 24.3 Å². The van der Waals surface area contributed by atoms with E-state index in [4.69, 9.17) is 10.5 Å². The molecule has 3 atom stereocenters. The average Bonchev–Trinajstić information content (AvgIpc) is 2.49. The lowest BCUT2D eigenvalue weighted by Crippen LogP contribution is -2.40. The average molecular weight is 333 g/mol. The van der Waals surface area contributed by atoms with E-state index in [2.05, 4.69) is 0 Å². The Bertz CT molecular complexity index is 514. The van der Waals surface area contributed by atoms with Crippen LogP contribution in [-0.2, 0) is 4.79 Å². The molecule has 0 amide bonds. The third kappa shape index (κ3) is 5.21. The molecule has 1 rings (SSSR count). The summed E-state index contributed by atoms with van der Waals surface area (Å²) in [5, 5.41) is 9.45. The van der Waals surface area contributed by atoms with Crippen LogP contribution in [0, 0.1) is 11.8 Å². The van der Waals surface area contributed by atoms with Crippen LogP contribution in [0.2, 0.25) is 0 Å². The summed E-state index contributed by atoms with van der Waals surface area (Å²) in [5.74, 6) is -1.71. The molecule has 0 aliphatic carbocycles. The minimum Gasteiger partial charge on any atom is -0.497 e. The fourth-order valence-corrected chi connectivity index (χ4v) is 2.31. The van der Waals surface area contributed by atoms with Gasteiger partial charge in [-0.3, -0.25) is 4.79 Å². The van der Waals surface area contributed by atoms with Crippen LogP contribution in [0.25, 0.3) is 0 Å². The number of ether oxygens (including phenoxy) is 1. The molecule has 0 saturated heterocycles. The van der Waals surface area contributed by atoms with Gasteiger partial charge in [-0.25, -0.2) is 0 Å². The second-order valence-corrected chi connectivity index (χ2v) is 5.82. The van der Waals surface area contributed by atoms with E-state index in [-0.39, 0.29) is 0 Å². The summed E-state index contributed by atoms with van der Waals surface area (Å²) >= 11 is 0. The van der Waals surface area contributed by atoms with Crippen molar-refractivity contribution < 1.29 is 27.8 Å². The van der Waals surface area contributed by atoms with Gasteiger partial charge in [0.15, 0.2) is 11.9 Å². The maximum absolute atomic E-state index is 12.7. The fourth-order valence-electron chi connectivity index (χ4n) is 2.31. The molecule has 0 aliphatic heterocycles. The monoisotopic (exact) mass is 333 g/mol. The van der Waals surface area contributed by atoms with Crippen molar-refractivity contribution in [2.24, 2.45) is 17.6 Å². The van der Waals surface area contributed by atoms with Crippen LogP contribution in [-0.4, -0.2) is 30.3 Å². The van der Waals surface area contributed by atoms with Crippen LogP contribution in [0.15, 0.2) is 24.3 Å². The fraction of sp³-hybridized carbons (Fsp3) is 0.562. The maximum atomic E-state index is 12.7. The number of carbonyl (C=O) groups excluding carboxylic acids is 1. The topological polar surface area (TPSA) is 72.5 Å². The first kappa shape index (κ1) is 19.4. The number of benzene rings is 1. The number of carbonyl (C=O) groups is 1. The number of aliphatic hydroxyl groups excluding tert-OH is 1. The van der Waals surface area contributed by atoms with Crippen LogP contribution < -0.4 is 10.5 Å². The van der Waals surface area contributed by atoms with Gasteiger partial charge in [0.05, 0.1) is 13.2 Å². The van der Waals surface area contributed by atoms with Gasteiger partial charge in [-0.15, -0.1) is 0 Å². The molecule has 0 aliphatic rings. The Hall–Kier alpha value is -1.60. The zero-order valence-corrected chi connectivity index (χ0v) is 13.3. The Kier molecular flexibility index (Phi) is 6.58. The third-order valence-corrected chi connectivity index (χ3v) is 3.86. The molecule has 23 heavy (non-hydrogen) atoms. The molecule has 0 saturated carbocycles. The number of nitrogens with two attached hydrogens (primary N) is 1. The molecular formula is C16H22F3NO3. The molecule has 3 N–H and O–H groups in total. The number of ketones is 1. The van der Waals surface area contributed by atoms with Gasteiger partial charge >= 0.3 is 6.18 Å². The first-order chi connectivity index (χ1) is 10.6. The van der Waals surface area contributed by atoms with Crippen molar-refractivity contribution in [3.63, 3.8) is 0 Å². The summed E-state index contributed by atoms with van der Waals surface area (Å²) in [6, 6.07) is 5.38. The van der Waals surface area contributed by atoms with Crippen molar-refractivity contribution in [1.82, 2.24) is 0 Å². The molecule has 0 heterocycles. The number of Topliss-reactive ketones (excluding diaryl/α,β-unsaturated/α-hetero) is 1. The molecule has 0 bridgehead atoms. The SMILES string of the molecule is COc1ccc([C@H](N)C(=O)C[C@@H](C(C)C)[C@H](O)C(F)(F)F)cc1. The quantitative estimate of drug-likeness (QED) is 0.805. The predicted octanol–water partition coefficient (Wildman–Crippen LogP) is 2.85. The Balaban J connectivity index is 2.85. The Morgan fingerprint density at radius 1 is 1.26 bits per heavy atom. The third-order valence-electron chi connectivity index (χ3n) is 3.86. The van der Waals surface area contributed by atoms with E-state index >= 15 is 0 Å². The van der Waals surface area contributed by atoms with Crippen LogP contribution in [0.5, 0.6) is 5.75 Å². The normalized spacial score (nSPS) is 16.0. The van der Waals surface area contributed by atoms with E-state index in [9.17, 15) is 23.1 Å². The van der Waals surface area contributed by atoms with Crippen LogP contribution in [0.1, 0.15) is 31.9 Å². The maximum Gasteiger partial charge on any atom is 0.414 e. The number of halogens is 3. The van der Waals surface area contributed by atoms with Gasteiger partial charge in [0, 0.05) is 12.3 Å². The zero-order valence-electron chi connectivity index (χ0n) is 13.3. The first-order valence-electron chi connectivity index (χ1n) is 7.25. The first-order valence-corrected chi connectivity index (χ1v) is 7.25. The molecule has 0 spiro atoms. The Morgan fingerprint density at radius 3 is 2.17 bits per heavy atom. The highest BCUT2D eigenvalue weighted by molar-refractivity contribution is 5.85. The molecule has 1 aromatic rings. The number of alkyl halides is 3. The number of hydrogen-bond acceptors (Lipinski definition) is 4. The molecular weight excluding hydrogens is 311 g/mol. The van der Waals surface area contributed by atoms with E-state index in [1.807, 2.05) is 0 Å². The summed E-state index contributed by atoms with van der Waals surface area (Å²) in [7, 11) is 1.49. The summed E-state index contributed by atoms with van der Waals surface area (Å²) in [5.41, 5.74) is 6.32. The molecule has 7 heteroatoms. The molecule has 0 unspecified atom stereocenters. The number of rotatable bonds is 7. The second kappa shape index (κ2) is 7.79. The highest BCUT2D eigenvalue weighted by Gasteiger charge is 2.45. The molecule has 1 aromatic carbocycles.